The Kier molecular flexibility index (Phi) is 10.0. The Labute approximate surface area is 220 Å². The highest BCUT2D eigenvalue weighted by molar-refractivity contribution is 5.84. The van der Waals surface area contributed by atoms with E-state index in [2.05, 4.69) is 4.98 Å². The molecule has 2 aromatic carbocycles. The summed E-state index contributed by atoms with van der Waals surface area (Å²) in [7, 11) is 0. The van der Waals surface area contributed by atoms with Crippen molar-refractivity contribution in [2.75, 3.05) is 13.2 Å². The van der Waals surface area contributed by atoms with Gasteiger partial charge in [-0.05, 0) is 77.3 Å². The van der Waals surface area contributed by atoms with E-state index in [-0.39, 0.29) is 17.6 Å². The van der Waals surface area contributed by atoms with Crippen LogP contribution in [0.3, 0.4) is 0 Å². The first-order chi connectivity index (χ1) is 17.6. The van der Waals surface area contributed by atoms with E-state index in [9.17, 15) is 4.79 Å². The molecule has 1 amide bonds. The fourth-order valence-corrected chi connectivity index (χ4v) is 4.30. The molecule has 0 spiro atoms. The van der Waals surface area contributed by atoms with Crippen molar-refractivity contribution in [3.8, 4) is 5.75 Å². The van der Waals surface area contributed by atoms with Crippen molar-refractivity contribution in [1.29, 1.82) is 0 Å². The zero-order valence-electron chi connectivity index (χ0n) is 22.9. The maximum absolute atomic E-state index is 13.8. The van der Waals surface area contributed by atoms with Crippen LogP contribution in [-0.2, 0) is 27.2 Å². The van der Waals surface area contributed by atoms with E-state index in [0.29, 0.717) is 26.2 Å². The molecule has 2 unspecified atom stereocenters. The highest BCUT2D eigenvalue weighted by atomic mass is 16.7. The van der Waals surface area contributed by atoms with Crippen molar-refractivity contribution in [1.82, 2.24) is 9.88 Å². The largest absolute Gasteiger partial charge is 0.488 e. The average Bonchev–Trinajstić information content (AvgIpc) is 2.86. The first-order valence-corrected chi connectivity index (χ1v) is 13.0. The van der Waals surface area contributed by atoms with Crippen LogP contribution in [0.2, 0.25) is 0 Å². The lowest BCUT2D eigenvalue weighted by Crippen LogP contribution is -2.52. The number of para-hydroxylation sites is 1. The minimum Gasteiger partial charge on any atom is -0.488 e. The minimum absolute atomic E-state index is 0.167. The van der Waals surface area contributed by atoms with Crippen LogP contribution in [-0.4, -0.2) is 53.0 Å². The summed E-state index contributed by atoms with van der Waals surface area (Å²) in [6.07, 6.45) is 1.60. The van der Waals surface area contributed by atoms with E-state index in [1.807, 2.05) is 96.1 Å². The molecule has 7 heteroatoms. The molecule has 0 aliphatic heterocycles. The number of aromatic nitrogens is 1. The first kappa shape index (κ1) is 28.6. The van der Waals surface area contributed by atoms with E-state index in [0.717, 1.165) is 27.8 Å². The molecule has 0 saturated carbocycles. The SMILES string of the molecule is CCOC(OCC)C(C)N(Cc1cccc2cccnc12)C(=O)C(N)Cc1ccc(OC(C)(C)C)cc1. The number of ether oxygens (including phenoxy) is 3. The van der Waals surface area contributed by atoms with Gasteiger partial charge in [-0.2, -0.15) is 0 Å². The molecule has 2 atom stereocenters. The highest BCUT2D eigenvalue weighted by Gasteiger charge is 2.32. The third-order valence-electron chi connectivity index (χ3n) is 6.01. The molecule has 1 heterocycles. The van der Waals surface area contributed by atoms with Gasteiger partial charge in [0, 0.05) is 31.3 Å². The summed E-state index contributed by atoms with van der Waals surface area (Å²) >= 11 is 0. The van der Waals surface area contributed by atoms with Crippen LogP contribution < -0.4 is 10.5 Å². The van der Waals surface area contributed by atoms with Crippen molar-refractivity contribution >= 4 is 16.8 Å². The molecule has 0 saturated heterocycles. The molecular weight excluding hydrogens is 466 g/mol. The van der Waals surface area contributed by atoms with Gasteiger partial charge in [-0.25, -0.2) is 0 Å². The molecule has 200 valence electrons. The monoisotopic (exact) mass is 507 g/mol. The summed E-state index contributed by atoms with van der Waals surface area (Å²) in [5, 5.41) is 1.02. The lowest BCUT2D eigenvalue weighted by Gasteiger charge is -2.36. The smallest absolute Gasteiger partial charge is 0.240 e. The van der Waals surface area contributed by atoms with Crippen molar-refractivity contribution in [2.24, 2.45) is 5.73 Å². The number of hydrogen-bond donors (Lipinski definition) is 1. The number of benzene rings is 2. The second kappa shape index (κ2) is 13.0. The van der Waals surface area contributed by atoms with Gasteiger partial charge >= 0.3 is 0 Å². The van der Waals surface area contributed by atoms with Crippen molar-refractivity contribution in [3.05, 3.63) is 71.9 Å². The van der Waals surface area contributed by atoms with Gasteiger partial charge < -0.3 is 24.8 Å². The van der Waals surface area contributed by atoms with Crippen LogP contribution in [0.15, 0.2) is 60.8 Å². The average molecular weight is 508 g/mol. The number of pyridine rings is 1. The van der Waals surface area contributed by atoms with E-state index >= 15 is 0 Å². The number of nitrogens with zero attached hydrogens (tertiary/aromatic N) is 2. The molecule has 0 fully saturated rings. The lowest BCUT2D eigenvalue weighted by atomic mass is 10.0. The summed E-state index contributed by atoms with van der Waals surface area (Å²) in [4.78, 5) is 20.2. The topological polar surface area (TPSA) is 86.9 Å². The van der Waals surface area contributed by atoms with Gasteiger partial charge in [-0.1, -0.05) is 36.4 Å². The van der Waals surface area contributed by atoms with Gasteiger partial charge in [0.2, 0.25) is 5.91 Å². The van der Waals surface area contributed by atoms with Gasteiger partial charge in [0.1, 0.15) is 11.4 Å². The van der Waals surface area contributed by atoms with Crippen LogP contribution in [0.25, 0.3) is 10.9 Å². The third kappa shape index (κ3) is 7.99. The van der Waals surface area contributed by atoms with Crippen molar-refractivity contribution in [3.63, 3.8) is 0 Å². The highest BCUT2D eigenvalue weighted by Crippen LogP contribution is 2.23. The van der Waals surface area contributed by atoms with Crippen LogP contribution >= 0.6 is 0 Å². The normalized spacial score (nSPS) is 13.5. The number of rotatable bonds is 12. The molecule has 3 aromatic rings. The summed E-state index contributed by atoms with van der Waals surface area (Å²) in [6, 6.07) is 16.6. The predicted molar refractivity (Wildman–Crippen MR) is 147 cm³/mol. The summed E-state index contributed by atoms with van der Waals surface area (Å²) < 4.78 is 17.6. The van der Waals surface area contributed by atoms with Gasteiger partial charge in [0.05, 0.1) is 17.6 Å². The molecular formula is C30H41N3O4. The minimum atomic E-state index is -0.733. The molecule has 2 N–H and O–H groups in total. The molecule has 0 bridgehead atoms. The predicted octanol–water partition coefficient (Wildman–Crippen LogP) is 5.10. The quantitative estimate of drug-likeness (QED) is 0.343. The van der Waals surface area contributed by atoms with Crippen LogP contribution in [0, 0.1) is 0 Å². The second-order valence-corrected chi connectivity index (χ2v) is 10.1. The number of hydrogen-bond acceptors (Lipinski definition) is 6. The fourth-order valence-electron chi connectivity index (χ4n) is 4.30. The summed E-state index contributed by atoms with van der Waals surface area (Å²) in [6.45, 7) is 13.1. The molecule has 3 rings (SSSR count). The lowest BCUT2D eigenvalue weighted by molar-refractivity contribution is -0.179. The maximum Gasteiger partial charge on any atom is 0.240 e. The second-order valence-electron chi connectivity index (χ2n) is 10.1. The Bertz CT molecular complexity index is 1130. The number of amides is 1. The van der Waals surface area contributed by atoms with Gasteiger partial charge in [-0.15, -0.1) is 0 Å². The van der Waals surface area contributed by atoms with Crippen molar-refractivity contribution in [2.45, 2.75) is 78.5 Å². The van der Waals surface area contributed by atoms with Gasteiger partial charge in [0.25, 0.3) is 0 Å². The summed E-state index contributed by atoms with van der Waals surface area (Å²) in [5.74, 6) is 0.617. The van der Waals surface area contributed by atoms with E-state index < -0.39 is 12.3 Å². The number of carbonyl (C=O) groups is 1. The maximum atomic E-state index is 13.8. The van der Waals surface area contributed by atoms with Crippen LogP contribution in [0.5, 0.6) is 5.75 Å². The molecule has 0 aliphatic carbocycles. The summed E-state index contributed by atoms with van der Waals surface area (Å²) in [5.41, 5.74) is 9.02. The van der Waals surface area contributed by atoms with Crippen LogP contribution in [0.1, 0.15) is 52.7 Å². The third-order valence-corrected chi connectivity index (χ3v) is 6.01. The molecule has 1 aromatic heterocycles. The Morgan fingerprint density at radius 1 is 1.00 bits per heavy atom. The zero-order valence-corrected chi connectivity index (χ0v) is 22.9. The van der Waals surface area contributed by atoms with Crippen LogP contribution in [0.4, 0.5) is 0 Å². The molecule has 37 heavy (non-hydrogen) atoms. The molecule has 7 nitrogen and oxygen atoms in total. The van der Waals surface area contributed by atoms with E-state index in [4.69, 9.17) is 19.9 Å². The Morgan fingerprint density at radius 2 is 1.65 bits per heavy atom. The molecule has 0 radical (unpaired) electrons. The van der Waals surface area contributed by atoms with Crippen molar-refractivity contribution < 1.29 is 19.0 Å². The zero-order chi connectivity index (χ0) is 27.0. The molecule has 0 aliphatic rings. The van der Waals surface area contributed by atoms with E-state index in [1.165, 1.54) is 0 Å². The number of nitrogens with two attached hydrogens (primary N) is 1. The Balaban J connectivity index is 1.85. The van der Waals surface area contributed by atoms with Gasteiger partial charge in [-0.3, -0.25) is 9.78 Å². The Morgan fingerprint density at radius 3 is 2.27 bits per heavy atom. The standard InChI is InChI=1S/C30H41N3O4/c1-7-35-29(36-8-2)21(3)33(20-24-12-9-11-23-13-10-18-32-27(23)24)28(34)26(31)19-22-14-16-25(17-15-22)37-30(4,5)6/h9-18,21,26,29H,7-8,19-20,31H2,1-6H3. The van der Waals surface area contributed by atoms with E-state index in [1.54, 1.807) is 11.1 Å². The number of fused-ring (bicyclic) bond motifs is 1. The van der Waals surface area contributed by atoms with Gasteiger partial charge in [0.15, 0.2) is 6.29 Å². The Hall–Kier alpha value is -3.00. The fraction of sp³-hybridized carbons (Fsp3) is 0.467. The first-order valence-electron chi connectivity index (χ1n) is 13.0. The number of carbonyl (C=O) groups excluding carboxylic acids is 1.